The maximum Gasteiger partial charge on any atom is 0.287 e. The molecule has 0 saturated heterocycles. The van der Waals surface area contributed by atoms with Crippen molar-refractivity contribution in [3.8, 4) is 0 Å². The first-order chi connectivity index (χ1) is 10.1. The Kier molecular flexibility index (Phi) is 3.82. The fourth-order valence-corrected chi connectivity index (χ4v) is 2.93. The molecule has 1 atom stereocenters. The topological polar surface area (TPSA) is 42.2 Å². The molecule has 1 N–H and O–H groups in total. The summed E-state index contributed by atoms with van der Waals surface area (Å²) in [6.07, 6.45) is 4.89. The summed E-state index contributed by atoms with van der Waals surface area (Å²) in [6, 6.07) is 10.1. The van der Waals surface area contributed by atoms with Crippen LogP contribution in [0.5, 0.6) is 0 Å². The number of amides is 1. The van der Waals surface area contributed by atoms with E-state index in [1.54, 1.807) is 12.1 Å². The van der Waals surface area contributed by atoms with Gasteiger partial charge in [-0.3, -0.25) is 4.79 Å². The maximum absolute atomic E-state index is 12.1. The third-order valence-corrected chi connectivity index (χ3v) is 4.18. The number of carbonyl (C=O) groups is 1. The van der Waals surface area contributed by atoms with Gasteiger partial charge in [0, 0.05) is 0 Å². The largest absolute Gasteiger partial charge is 0.456 e. The van der Waals surface area contributed by atoms with Crippen LogP contribution in [0.1, 0.15) is 58.8 Å². The number of benzene rings is 1. The van der Waals surface area contributed by atoms with E-state index in [2.05, 4.69) is 23.5 Å². The smallest absolute Gasteiger partial charge is 0.287 e. The highest BCUT2D eigenvalue weighted by Gasteiger charge is 2.16. The van der Waals surface area contributed by atoms with Crippen molar-refractivity contribution in [2.75, 3.05) is 0 Å². The van der Waals surface area contributed by atoms with Crippen molar-refractivity contribution >= 4 is 5.91 Å². The molecule has 0 saturated carbocycles. The molecule has 3 nitrogen and oxygen atoms in total. The number of aryl methyl sites for hydroxylation is 3. The Hall–Kier alpha value is -2.03. The minimum absolute atomic E-state index is 0.0184. The molecule has 1 unspecified atom stereocenters. The molecular weight excluding hydrogens is 262 g/mol. The van der Waals surface area contributed by atoms with E-state index in [-0.39, 0.29) is 11.9 Å². The summed E-state index contributed by atoms with van der Waals surface area (Å²) in [7, 11) is 0. The molecule has 0 fully saturated rings. The Bertz CT molecular complexity index is 657. The van der Waals surface area contributed by atoms with Crippen LogP contribution in [0.2, 0.25) is 0 Å². The van der Waals surface area contributed by atoms with Crippen LogP contribution in [0, 0.1) is 6.92 Å². The Balaban J connectivity index is 1.73. The minimum atomic E-state index is -0.159. The third-order valence-electron chi connectivity index (χ3n) is 4.18. The van der Waals surface area contributed by atoms with Crippen molar-refractivity contribution in [2.24, 2.45) is 0 Å². The van der Waals surface area contributed by atoms with E-state index < -0.39 is 0 Å². The summed E-state index contributed by atoms with van der Waals surface area (Å²) in [5.74, 6) is 0.965. The number of hydrogen-bond acceptors (Lipinski definition) is 2. The molecule has 0 radical (unpaired) electrons. The summed E-state index contributed by atoms with van der Waals surface area (Å²) in [6.45, 7) is 3.85. The molecule has 0 aliphatic heterocycles. The lowest BCUT2D eigenvalue weighted by molar-refractivity contribution is 0.0910. The van der Waals surface area contributed by atoms with Crippen molar-refractivity contribution < 1.29 is 9.21 Å². The zero-order chi connectivity index (χ0) is 14.8. The van der Waals surface area contributed by atoms with Crippen LogP contribution < -0.4 is 5.32 Å². The first-order valence-corrected chi connectivity index (χ1v) is 7.62. The van der Waals surface area contributed by atoms with Crippen LogP contribution in [-0.4, -0.2) is 5.91 Å². The molecule has 0 spiro atoms. The van der Waals surface area contributed by atoms with Gasteiger partial charge in [-0.2, -0.15) is 0 Å². The number of fused-ring (bicyclic) bond motifs is 1. The summed E-state index contributed by atoms with van der Waals surface area (Å²) >= 11 is 0. The van der Waals surface area contributed by atoms with Gasteiger partial charge in [-0.05, 0) is 68.4 Å². The predicted molar refractivity (Wildman–Crippen MR) is 82.4 cm³/mol. The van der Waals surface area contributed by atoms with Crippen LogP contribution in [0.3, 0.4) is 0 Å². The van der Waals surface area contributed by atoms with Crippen molar-refractivity contribution in [1.29, 1.82) is 0 Å². The Morgan fingerprint density at radius 1 is 1.14 bits per heavy atom. The number of nitrogens with one attached hydrogen (secondary N) is 1. The average Bonchev–Trinajstić information content (AvgIpc) is 2.93. The maximum atomic E-state index is 12.1. The van der Waals surface area contributed by atoms with E-state index in [0.29, 0.717) is 5.76 Å². The fraction of sp³-hybridized carbons (Fsp3) is 0.389. The van der Waals surface area contributed by atoms with Crippen molar-refractivity contribution in [2.45, 2.75) is 45.6 Å². The van der Waals surface area contributed by atoms with Gasteiger partial charge in [-0.15, -0.1) is 0 Å². The number of furan rings is 1. The first kappa shape index (κ1) is 13.9. The van der Waals surface area contributed by atoms with Gasteiger partial charge in [0.05, 0.1) is 6.04 Å². The number of hydrogen-bond donors (Lipinski definition) is 1. The minimum Gasteiger partial charge on any atom is -0.456 e. The lowest BCUT2D eigenvalue weighted by atomic mass is 9.89. The van der Waals surface area contributed by atoms with Crippen LogP contribution >= 0.6 is 0 Å². The quantitative estimate of drug-likeness (QED) is 0.926. The summed E-state index contributed by atoms with van der Waals surface area (Å²) in [4.78, 5) is 12.1. The summed E-state index contributed by atoms with van der Waals surface area (Å²) in [5.41, 5.74) is 4.06. The lowest BCUT2D eigenvalue weighted by Gasteiger charge is -2.19. The standard InChI is InChI=1S/C18H21NO2/c1-12-7-10-17(21-12)18(20)19-13(2)15-9-8-14-5-3-4-6-16(14)11-15/h7-11,13H,3-6H2,1-2H3,(H,19,20). The molecule has 1 aromatic heterocycles. The molecule has 2 aromatic rings. The molecule has 3 heteroatoms. The van der Waals surface area contributed by atoms with E-state index in [1.807, 2.05) is 13.8 Å². The SMILES string of the molecule is Cc1ccc(C(=O)NC(C)c2ccc3c(c2)CCCC3)o1. The van der Waals surface area contributed by atoms with Crippen LogP contribution in [-0.2, 0) is 12.8 Å². The van der Waals surface area contributed by atoms with Gasteiger partial charge in [0.15, 0.2) is 5.76 Å². The van der Waals surface area contributed by atoms with Gasteiger partial charge in [-0.1, -0.05) is 18.2 Å². The normalized spacial score (nSPS) is 15.3. The monoisotopic (exact) mass is 283 g/mol. The van der Waals surface area contributed by atoms with Crippen LogP contribution in [0.15, 0.2) is 34.7 Å². The Morgan fingerprint density at radius 2 is 1.90 bits per heavy atom. The molecule has 1 aromatic carbocycles. The molecule has 21 heavy (non-hydrogen) atoms. The highest BCUT2D eigenvalue weighted by atomic mass is 16.3. The van der Waals surface area contributed by atoms with Gasteiger partial charge >= 0.3 is 0 Å². The molecule has 3 rings (SSSR count). The van der Waals surface area contributed by atoms with Crippen molar-refractivity contribution in [3.63, 3.8) is 0 Å². The second-order valence-electron chi connectivity index (χ2n) is 5.84. The highest BCUT2D eigenvalue weighted by molar-refractivity contribution is 5.91. The van der Waals surface area contributed by atoms with Gasteiger partial charge in [0.2, 0.25) is 0 Å². The van der Waals surface area contributed by atoms with E-state index in [1.165, 1.54) is 30.4 Å². The summed E-state index contributed by atoms with van der Waals surface area (Å²) < 4.78 is 5.36. The molecule has 0 bridgehead atoms. The van der Waals surface area contributed by atoms with Crippen LogP contribution in [0.4, 0.5) is 0 Å². The molecule has 110 valence electrons. The molecule has 1 aliphatic carbocycles. The number of rotatable bonds is 3. The van der Waals surface area contributed by atoms with Crippen molar-refractivity contribution in [3.05, 3.63) is 58.5 Å². The Morgan fingerprint density at radius 3 is 2.62 bits per heavy atom. The molecular formula is C18H21NO2. The van der Waals surface area contributed by atoms with E-state index in [0.717, 1.165) is 17.7 Å². The highest BCUT2D eigenvalue weighted by Crippen LogP contribution is 2.25. The van der Waals surface area contributed by atoms with Gasteiger partial charge in [0.25, 0.3) is 5.91 Å². The first-order valence-electron chi connectivity index (χ1n) is 7.62. The molecule has 1 heterocycles. The zero-order valence-electron chi connectivity index (χ0n) is 12.6. The van der Waals surface area contributed by atoms with E-state index in [4.69, 9.17) is 4.42 Å². The molecule has 1 aliphatic rings. The lowest BCUT2D eigenvalue weighted by Crippen LogP contribution is -2.26. The average molecular weight is 283 g/mol. The van der Waals surface area contributed by atoms with E-state index >= 15 is 0 Å². The zero-order valence-corrected chi connectivity index (χ0v) is 12.6. The second-order valence-corrected chi connectivity index (χ2v) is 5.84. The van der Waals surface area contributed by atoms with Gasteiger partial charge in [0.1, 0.15) is 5.76 Å². The van der Waals surface area contributed by atoms with Gasteiger partial charge < -0.3 is 9.73 Å². The molecule has 1 amide bonds. The van der Waals surface area contributed by atoms with E-state index in [9.17, 15) is 4.79 Å². The number of carbonyl (C=O) groups excluding carboxylic acids is 1. The van der Waals surface area contributed by atoms with Gasteiger partial charge in [-0.25, -0.2) is 0 Å². The third kappa shape index (κ3) is 3.02. The van der Waals surface area contributed by atoms with Crippen molar-refractivity contribution in [1.82, 2.24) is 5.32 Å². The second kappa shape index (κ2) is 5.76. The fourth-order valence-electron chi connectivity index (χ4n) is 2.93. The predicted octanol–water partition coefficient (Wildman–Crippen LogP) is 3.96. The summed E-state index contributed by atoms with van der Waals surface area (Å²) in [5, 5.41) is 3.00. The Labute approximate surface area is 125 Å². The van der Waals surface area contributed by atoms with Crippen LogP contribution in [0.25, 0.3) is 0 Å².